The van der Waals surface area contributed by atoms with Crippen molar-refractivity contribution < 1.29 is 14.0 Å². The van der Waals surface area contributed by atoms with Crippen LogP contribution in [-0.4, -0.2) is 56.6 Å². The second kappa shape index (κ2) is 33.2. The number of hydrogen-bond acceptors (Lipinski definition) is 2. The fraction of sp³-hybridized carbons (Fsp3) is 0.913. The van der Waals surface area contributed by atoms with Crippen LogP contribution >= 0.6 is 0 Å². The van der Waals surface area contributed by atoms with Gasteiger partial charge in [-0.2, -0.15) is 0 Å². The topological polar surface area (TPSA) is 18.5 Å². The quantitative estimate of drug-likeness (QED) is 0.0368. The average molecular weight is 687 g/mol. The van der Waals surface area contributed by atoms with Crippen LogP contribution in [0.5, 0.6) is 0 Å². The van der Waals surface area contributed by atoms with Gasteiger partial charge < -0.3 is 14.0 Å². The van der Waals surface area contributed by atoms with Gasteiger partial charge in [0.05, 0.1) is 26.2 Å². The van der Waals surface area contributed by atoms with Gasteiger partial charge in [-0.25, -0.2) is 0 Å². The first-order chi connectivity index (χ1) is 24.3. The molecule has 0 radical (unpaired) electrons. The van der Waals surface area contributed by atoms with Gasteiger partial charge in [-0.1, -0.05) is 154 Å². The molecule has 3 fully saturated rings. The number of nitrogens with zero attached hydrogens (tertiary/aromatic N) is 1. The maximum absolute atomic E-state index is 6.59. The zero-order valence-corrected chi connectivity index (χ0v) is 33.6. The standard InChI is InChI=1S/C46H88NO2/c1-3-5-7-9-11-13-15-17-19-21-23-25-27-29-31-33-41-48-44-46(43-47-38-35-45(36-39-47)37-40-47)49-42-34-32-30-28-26-24-22-20-18-16-14-12-10-8-6-4-2/h17-20,45-46H,3-16,21-44H2,1-2H3/q+1/b19-17-,20-18-/t45?,46-,47?/m0/s1. The molecule has 0 aromatic carbocycles. The molecule has 3 heterocycles. The first-order valence-electron chi connectivity index (χ1n) is 22.6. The molecule has 0 N–H and O–H groups in total. The summed E-state index contributed by atoms with van der Waals surface area (Å²) in [5, 5.41) is 0. The molecule has 3 aliphatic rings. The molecule has 3 nitrogen and oxygen atoms in total. The molecular formula is C46H88NO2+. The minimum atomic E-state index is 0.284. The van der Waals surface area contributed by atoms with Gasteiger partial charge in [-0.15, -0.1) is 0 Å². The van der Waals surface area contributed by atoms with Crippen molar-refractivity contribution in [1.29, 1.82) is 0 Å². The van der Waals surface area contributed by atoms with E-state index in [0.717, 1.165) is 25.7 Å². The van der Waals surface area contributed by atoms with Gasteiger partial charge in [0.25, 0.3) is 0 Å². The number of unbranched alkanes of at least 4 members (excludes halogenated alkanes) is 24. The molecule has 2 bridgehead atoms. The first-order valence-corrected chi connectivity index (χ1v) is 22.6. The fourth-order valence-electron chi connectivity index (χ4n) is 8.26. The largest absolute Gasteiger partial charge is 0.379 e. The van der Waals surface area contributed by atoms with E-state index in [1.54, 1.807) is 0 Å². The molecule has 0 aliphatic carbocycles. The third-order valence-electron chi connectivity index (χ3n) is 11.7. The van der Waals surface area contributed by atoms with Crippen molar-refractivity contribution in [1.82, 2.24) is 0 Å². The minimum Gasteiger partial charge on any atom is -0.379 e. The minimum absolute atomic E-state index is 0.284. The Balaban J connectivity index is 1.45. The van der Waals surface area contributed by atoms with Gasteiger partial charge >= 0.3 is 0 Å². The van der Waals surface area contributed by atoms with Crippen molar-refractivity contribution >= 4 is 0 Å². The summed E-state index contributed by atoms with van der Waals surface area (Å²) < 4.78 is 14.2. The van der Waals surface area contributed by atoms with Gasteiger partial charge in [0.15, 0.2) is 0 Å². The molecule has 0 unspecified atom stereocenters. The monoisotopic (exact) mass is 687 g/mol. The highest BCUT2D eigenvalue weighted by Crippen LogP contribution is 2.34. The third-order valence-corrected chi connectivity index (χ3v) is 11.7. The van der Waals surface area contributed by atoms with Crippen LogP contribution in [-0.2, 0) is 9.47 Å². The smallest absolute Gasteiger partial charge is 0.130 e. The highest BCUT2D eigenvalue weighted by atomic mass is 16.5. The van der Waals surface area contributed by atoms with E-state index in [4.69, 9.17) is 9.47 Å². The van der Waals surface area contributed by atoms with Crippen molar-refractivity contribution in [3.8, 4) is 0 Å². The lowest BCUT2D eigenvalue weighted by molar-refractivity contribution is -0.945. The second-order valence-corrected chi connectivity index (χ2v) is 16.4. The van der Waals surface area contributed by atoms with E-state index in [1.165, 1.54) is 230 Å². The molecule has 3 aliphatic heterocycles. The summed E-state index contributed by atoms with van der Waals surface area (Å²) in [6.07, 6.45) is 52.4. The normalized spacial score (nSPS) is 19.9. The Bertz CT molecular complexity index is 726. The van der Waals surface area contributed by atoms with Crippen molar-refractivity contribution in [2.75, 3.05) is 46.0 Å². The maximum atomic E-state index is 6.59. The zero-order chi connectivity index (χ0) is 34.8. The average Bonchev–Trinajstić information content (AvgIpc) is 3.13. The van der Waals surface area contributed by atoms with Gasteiger partial charge in [0, 0.05) is 13.2 Å². The summed E-state index contributed by atoms with van der Waals surface area (Å²) in [5.41, 5.74) is 0. The number of quaternary nitrogens is 1. The van der Waals surface area contributed by atoms with E-state index in [9.17, 15) is 0 Å². The Morgan fingerprint density at radius 2 is 0.837 bits per heavy atom. The van der Waals surface area contributed by atoms with Crippen LogP contribution in [0.25, 0.3) is 0 Å². The van der Waals surface area contributed by atoms with E-state index in [0.29, 0.717) is 0 Å². The molecule has 0 amide bonds. The molecule has 3 rings (SSSR count). The van der Waals surface area contributed by atoms with Crippen LogP contribution in [0.1, 0.15) is 213 Å². The molecule has 288 valence electrons. The number of fused-ring (bicyclic) bond motifs is 3. The van der Waals surface area contributed by atoms with Crippen LogP contribution in [0, 0.1) is 5.92 Å². The Morgan fingerprint density at radius 3 is 1.27 bits per heavy atom. The lowest BCUT2D eigenvalue weighted by atomic mass is 9.85. The molecule has 0 spiro atoms. The molecule has 0 saturated carbocycles. The molecular weight excluding hydrogens is 599 g/mol. The summed E-state index contributed by atoms with van der Waals surface area (Å²) in [6.45, 7) is 12.6. The fourth-order valence-corrected chi connectivity index (χ4v) is 8.26. The van der Waals surface area contributed by atoms with Crippen LogP contribution in [0.4, 0.5) is 0 Å². The van der Waals surface area contributed by atoms with Crippen LogP contribution in [0.3, 0.4) is 0 Å². The Morgan fingerprint density at radius 1 is 0.469 bits per heavy atom. The SMILES string of the molecule is CCCCCCCC/C=C\CCCCCCCCOC[C@H](C[N+]12CCC(CC1)CC2)OCCCCCCCC/C=C\CCCCCCCC. The van der Waals surface area contributed by atoms with Gasteiger partial charge in [0.1, 0.15) is 12.6 Å². The van der Waals surface area contributed by atoms with Gasteiger partial charge in [0.2, 0.25) is 0 Å². The molecule has 1 atom stereocenters. The molecule has 0 aromatic heterocycles. The number of allylic oxidation sites excluding steroid dienone is 4. The molecule has 3 saturated heterocycles. The van der Waals surface area contributed by atoms with E-state index >= 15 is 0 Å². The van der Waals surface area contributed by atoms with Gasteiger partial charge in [-0.05, 0) is 89.4 Å². The number of rotatable bonds is 37. The van der Waals surface area contributed by atoms with Crippen LogP contribution in [0.15, 0.2) is 24.3 Å². The summed E-state index contributed by atoms with van der Waals surface area (Å²) >= 11 is 0. The Labute approximate surface area is 308 Å². The van der Waals surface area contributed by atoms with Gasteiger partial charge in [-0.3, -0.25) is 0 Å². The van der Waals surface area contributed by atoms with Crippen molar-refractivity contribution in [3.63, 3.8) is 0 Å². The highest BCUT2D eigenvalue weighted by molar-refractivity contribution is 4.82. The number of hydrogen-bond donors (Lipinski definition) is 0. The van der Waals surface area contributed by atoms with Crippen LogP contribution in [0.2, 0.25) is 0 Å². The molecule has 3 heteroatoms. The van der Waals surface area contributed by atoms with E-state index in [-0.39, 0.29) is 6.10 Å². The summed E-state index contributed by atoms with van der Waals surface area (Å²) in [4.78, 5) is 0. The zero-order valence-electron chi connectivity index (χ0n) is 33.6. The Kier molecular flexibility index (Phi) is 30.2. The predicted octanol–water partition coefficient (Wildman–Crippen LogP) is 14.1. The number of piperidine rings is 3. The van der Waals surface area contributed by atoms with Crippen molar-refractivity contribution in [3.05, 3.63) is 24.3 Å². The number of ether oxygens (including phenoxy) is 2. The summed E-state index contributed by atoms with van der Waals surface area (Å²) in [6, 6.07) is 0. The van der Waals surface area contributed by atoms with E-state index < -0.39 is 0 Å². The molecule has 49 heavy (non-hydrogen) atoms. The first kappa shape index (κ1) is 44.5. The lowest BCUT2D eigenvalue weighted by Crippen LogP contribution is -2.61. The van der Waals surface area contributed by atoms with Crippen molar-refractivity contribution in [2.45, 2.75) is 219 Å². The summed E-state index contributed by atoms with van der Waals surface area (Å²) in [7, 11) is 0. The molecule has 0 aromatic rings. The maximum Gasteiger partial charge on any atom is 0.130 e. The second-order valence-electron chi connectivity index (χ2n) is 16.4. The Hall–Kier alpha value is -0.640. The third kappa shape index (κ3) is 25.9. The van der Waals surface area contributed by atoms with Crippen molar-refractivity contribution in [2.24, 2.45) is 5.92 Å². The van der Waals surface area contributed by atoms with E-state index in [1.807, 2.05) is 0 Å². The predicted molar refractivity (Wildman–Crippen MR) is 217 cm³/mol. The lowest BCUT2D eigenvalue weighted by Gasteiger charge is -2.50. The summed E-state index contributed by atoms with van der Waals surface area (Å²) in [5.74, 6) is 1.02. The van der Waals surface area contributed by atoms with Crippen LogP contribution < -0.4 is 0 Å². The van der Waals surface area contributed by atoms with E-state index in [2.05, 4.69) is 38.2 Å². The highest BCUT2D eigenvalue weighted by Gasteiger charge is 2.41.